The lowest BCUT2D eigenvalue weighted by Gasteiger charge is -2.44. The van der Waals surface area contributed by atoms with E-state index in [1.165, 1.54) is 64.9 Å². The fourth-order valence-electron chi connectivity index (χ4n) is 6.80. The molecule has 3 aliphatic rings. The average Bonchev–Trinajstić information content (AvgIpc) is 3.73. The zero-order chi connectivity index (χ0) is 30.7. The summed E-state index contributed by atoms with van der Waals surface area (Å²) in [5.41, 5.74) is 4.81. The molecule has 2 saturated carbocycles. The molecule has 5 atom stereocenters. The topological polar surface area (TPSA) is 88.1 Å². The quantitative estimate of drug-likeness (QED) is 0.171. The second kappa shape index (κ2) is 13.2. The van der Waals surface area contributed by atoms with Crippen LogP contribution in [0.4, 0.5) is 0 Å². The van der Waals surface area contributed by atoms with Crippen molar-refractivity contribution in [1.29, 1.82) is 0 Å². The molecule has 43 heavy (non-hydrogen) atoms. The van der Waals surface area contributed by atoms with Crippen molar-refractivity contribution in [2.75, 3.05) is 6.61 Å². The molecule has 8 heteroatoms. The maximum absolute atomic E-state index is 12.2. The van der Waals surface area contributed by atoms with Gasteiger partial charge in [0, 0.05) is 31.7 Å². The van der Waals surface area contributed by atoms with Gasteiger partial charge in [0.15, 0.2) is 12.2 Å². The summed E-state index contributed by atoms with van der Waals surface area (Å²) in [6.07, 6.45) is 6.89. The minimum Gasteiger partial charge on any atom is -0.463 e. The molecule has 1 saturated heterocycles. The Kier molecular flexibility index (Phi) is 9.62. The van der Waals surface area contributed by atoms with Gasteiger partial charge in [0.1, 0.15) is 18.8 Å². The second-order valence-corrected chi connectivity index (χ2v) is 12.8. The Morgan fingerprint density at radius 2 is 1.53 bits per heavy atom. The predicted molar refractivity (Wildman–Crippen MR) is 163 cm³/mol. The minimum atomic E-state index is -0.962. The summed E-state index contributed by atoms with van der Waals surface area (Å²) in [5, 5.41) is 0.603. The Morgan fingerprint density at radius 1 is 0.907 bits per heavy atom. The van der Waals surface area contributed by atoms with Gasteiger partial charge in [-0.15, -0.1) is 6.58 Å². The Balaban J connectivity index is 1.39. The van der Waals surface area contributed by atoms with Gasteiger partial charge in [0.25, 0.3) is 0 Å². The molecule has 2 aromatic carbocycles. The molecule has 2 aliphatic carbocycles. The average molecular weight is 609 g/mol. The molecular weight excluding hydrogens is 568 g/mol. The van der Waals surface area contributed by atoms with E-state index in [0.717, 1.165) is 11.1 Å². The Morgan fingerprint density at radius 3 is 2.12 bits per heavy atom. The maximum atomic E-state index is 12.2. The summed E-state index contributed by atoms with van der Waals surface area (Å²) in [5.74, 6) is -1.51. The van der Waals surface area contributed by atoms with E-state index in [1.54, 1.807) is 12.1 Å². The largest absolute Gasteiger partial charge is 0.463 e. The molecule has 1 heterocycles. The molecule has 5 rings (SSSR count). The SMILES string of the molecule is C=CC1C(COC(C)=O)OC(c2ccc(Cl)c(Cc3ccc(C4CCC5(CC4)CC5)cc3)c2)C(OC(C)=O)C1OC(C)=O. The molecule has 0 radical (unpaired) electrons. The number of ether oxygens (including phenoxy) is 4. The third-order valence-electron chi connectivity index (χ3n) is 9.33. The number of benzene rings is 2. The molecule has 2 aromatic rings. The van der Waals surface area contributed by atoms with Crippen LogP contribution in [0, 0.1) is 11.3 Å². The lowest BCUT2D eigenvalue weighted by atomic mass is 9.77. The van der Waals surface area contributed by atoms with Crippen molar-refractivity contribution in [3.8, 4) is 0 Å². The van der Waals surface area contributed by atoms with Crippen LogP contribution in [-0.2, 0) is 39.8 Å². The van der Waals surface area contributed by atoms with E-state index in [-0.39, 0.29) is 6.61 Å². The number of hydrogen-bond acceptors (Lipinski definition) is 7. The van der Waals surface area contributed by atoms with Crippen LogP contribution in [0.2, 0.25) is 5.02 Å². The first-order valence-corrected chi connectivity index (χ1v) is 15.6. The van der Waals surface area contributed by atoms with Gasteiger partial charge >= 0.3 is 17.9 Å². The molecule has 1 spiro atoms. The normalized spacial score (nSPS) is 26.4. The van der Waals surface area contributed by atoms with Crippen LogP contribution < -0.4 is 0 Å². The van der Waals surface area contributed by atoms with Crippen LogP contribution in [0.3, 0.4) is 0 Å². The van der Waals surface area contributed by atoms with Crippen LogP contribution in [-0.4, -0.2) is 42.8 Å². The first-order chi connectivity index (χ1) is 20.6. The minimum absolute atomic E-state index is 0.0815. The summed E-state index contributed by atoms with van der Waals surface area (Å²) in [6.45, 7) is 7.69. The Bertz CT molecular complexity index is 1340. The lowest BCUT2D eigenvalue weighted by molar-refractivity contribution is -0.227. The number of esters is 3. The van der Waals surface area contributed by atoms with E-state index in [2.05, 4.69) is 30.8 Å². The van der Waals surface area contributed by atoms with Crippen LogP contribution in [0.5, 0.6) is 0 Å². The zero-order valence-corrected chi connectivity index (χ0v) is 25.9. The highest BCUT2D eigenvalue weighted by molar-refractivity contribution is 6.31. The van der Waals surface area contributed by atoms with Crippen LogP contribution in [0.25, 0.3) is 0 Å². The summed E-state index contributed by atoms with van der Waals surface area (Å²) >= 11 is 6.68. The molecule has 5 unspecified atom stereocenters. The molecule has 7 nitrogen and oxygen atoms in total. The summed E-state index contributed by atoms with van der Waals surface area (Å²) < 4.78 is 23.1. The highest BCUT2D eigenvalue weighted by Crippen LogP contribution is 2.58. The summed E-state index contributed by atoms with van der Waals surface area (Å²) in [4.78, 5) is 36.0. The monoisotopic (exact) mass is 608 g/mol. The third kappa shape index (κ3) is 7.50. The number of carbonyl (C=O) groups excluding carboxylic acids is 3. The Hall–Kier alpha value is -3.16. The number of hydrogen-bond donors (Lipinski definition) is 0. The molecule has 0 aromatic heterocycles. The fourth-order valence-corrected chi connectivity index (χ4v) is 6.98. The molecule has 0 amide bonds. The van der Waals surface area contributed by atoms with Gasteiger partial charge in [-0.25, -0.2) is 0 Å². The van der Waals surface area contributed by atoms with Crippen molar-refractivity contribution in [1.82, 2.24) is 0 Å². The van der Waals surface area contributed by atoms with Crippen molar-refractivity contribution in [3.05, 3.63) is 82.4 Å². The second-order valence-electron chi connectivity index (χ2n) is 12.4. The molecule has 3 fully saturated rings. The van der Waals surface area contributed by atoms with Crippen molar-refractivity contribution in [2.45, 2.75) is 96.1 Å². The van der Waals surface area contributed by atoms with Crippen molar-refractivity contribution < 1.29 is 33.3 Å². The number of halogens is 1. The van der Waals surface area contributed by atoms with E-state index in [4.69, 9.17) is 30.5 Å². The lowest BCUT2D eigenvalue weighted by Crippen LogP contribution is -2.54. The molecule has 0 bridgehead atoms. The standard InChI is InChI=1S/C35H41ClO7/c1-5-29-31(20-40-21(2)37)43-32(34(42-23(4)39)33(29)41-22(3)38)27-10-11-30(36)28(19-27)18-24-6-8-25(9-7-24)26-12-14-35(15-13-26)16-17-35/h5-11,19,26,29,31-34H,1,12-18,20H2,2-4H3. The third-order valence-corrected chi connectivity index (χ3v) is 9.70. The first kappa shape index (κ1) is 31.3. The highest BCUT2D eigenvalue weighted by Gasteiger charge is 2.49. The van der Waals surface area contributed by atoms with Gasteiger partial charge in [-0.2, -0.15) is 0 Å². The van der Waals surface area contributed by atoms with Crippen LogP contribution >= 0.6 is 11.6 Å². The van der Waals surface area contributed by atoms with E-state index < -0.39 is 48.2 Å². The highest BCUT2D eigenvalue weighted by atomic mass is 35.5. The van der Waals surface area contributed by atoms with E-state index >= 15 is 0 Å². The van der Waals surface area contributed by atoms with Crippen molar-refractivity contribution in [3.63, 3.8) is 0 Å². The zero-order valence-electron chi connectivity index (χ0n) is 25.2. The van der Waals surface area contributed by atoms with Crippen molar-refractivity contribution >= 4 is 29.5 Å². The fraction of sp³-hybridized carbons (Fsp3) is 0.514. The van der Waals surface area contributed by atoms with E-state index in [0.29, 0.717) is 28.3 Å². The van der Waals surface area contributed by atoms with E-state index in [9.17, 15) is 14.4 Å². The van der Waals surface area contributed by atoms with Gasteiger partial charge in [-0.3, -0.25) is 14.4 Å². The molecule has 1 aliphatic heterocycles. The maximum Gasteiger partial charge on any atom is 0.303 e. The van der Waals surface area contributed by atoms with Crippen LogP contribution in [0.15, 0.2) is 55.1 Å². The van der Waals surface area contributed by atoms with Crippen LogP contribution in [0.1, 0.15) is 93.6 Å². The van der Waals surface area contributed by atoms with Gasteiger partial charge in [0.05, 0.1) is 0 Å². The molecule has 230 valence electrons. The smallest absolute Gasteiger partial charge is 0.303 e. The summed E-state index contributed by atoms with van der Waals surface area (Å²) in [7, 11) is 0. The predicted octanol–water partition coefficient (Wildman–Crippen LogP) is 7.04. The van der Waals surface area contributed by atoms with E-state index in [1.807, 2.05) is 12.1 Å². The van der Waals surface area contributed by atoms with Gasteiger partial charge in [-0.05, 0) is 84.6 Å². The van der Waals surface area contributed by atoms with Gasteiger partial charge in [0.2, 0.25) is 0 Å². The van der Waals surface area contributed by atoms with Gasteiger partial charge in [-0.1, -0.05) is 54.1 Å². The number of rotatable bonds is 9. The van der Waals surface area contributed by atoms with Gasteiger partial charge < -0.3 is 18.9 Å². The summed E-state index contributed by atoms with van der Waals surface area (Å²) in [6, 6.07) is 14.4. The molecule has 0 N–H and O–H groups in total. The van der Waals surface area contributed by atoms with Crippen molar-refractivity contribution in [2.24, 2.45) is 11.3 Å². The molecular formula is C35H41ClO7. The first-order valence-electron chi connectivity index (χ1n) is 15.2. The number of carbonyl (C=O) groups is 3. The Labute approximate surface area is 258 Å².